The molecule has 2 heterocycles. The van der Waals surface area contributed by atoms with Crippen LogP contribution in [0.5, 0.6) is 0 Å². The number of aromatic nitrogens is 1. The monoisotopic (exact) mass is 263 g/mol. The summed E-state index contributed by atoms with van der Waals surface area (Å²) >= 11 is 2.01. The maximum absolute atomic E-state index is 8.84. The Bertz CT molecular complexity index is 437. The maximum atomic E-state index is 8.84. The fourth-order valence-corrected chi connectivity index (χ4v) is 2.80. The predicted molar refractivity (Wildman–Crippen MR) is 75.6 cm³/mol. The van der Waals surface area contributed by atoms with Gasteiger partial charge < -0.3 is 11.1 Å². The highest BCUT2D eigenvalue weighted by Gasteiger charge is 2.09. The molecule has 6 heteroatoms. The number of nitriles is 1. The van der Waals surface area contributed by atoms with E-state index in [0.717, 1.165) is 26.2 Å². The van der Waals surface area contributed by atoms with Crippen LogP contribution in [0.4, 0.5) is 11.5 Å². The van der Waals surface area contributed by atoms with E-state index in [1.165, 1.54) is 11.5 Å². The van der Waals surface area contributed by atoms with E-state index in [1.54, 1.807) is 6.07 Å². The first-order valence-corrected chi connectivity index (χ1v) is 7.15. The lowest BCUT2D eigenvalue weighted by molar-refractivity contribution is 0.314. The molecule has 1 aromatic rings. The molecule has 0 aromatic carbocycles. The van der Waals surface area contributed by atoms with E-state index < -0.39 is 0 Å². The van der Waals surface area contributed by atoms with Crippen LogP contribution in [-0.4, -0.2) is 47.6 Å². The van der Waals surface area contributed by atoms with Gasteiger partial charge in [0, 0.05) is 37.7 Å². The van der Waals surface area contributed by atoms with Crippen molar-refractivity contribution >= 4 is 23.3 Å². The molecule has 1 saturated heterocycles. The third-order valence-corrected chi connectivity index (χ3v) is 3.81. The highest BCUT2D eigenvalue weighted by atomic mass is 32.2. The Labute approximate surface area is 111 Å². The first-order valence-electron chi connectivity index (χ1n) is 6.00. The summed E-state index contributed by atoms with van der Waals surface area (Å²) in [6, 6.07) is 5.51. The number of rotatable bonds is 4. The van der Waals surface area contributed by atoms with Gasteiger partial charge in [-0.1, -0.05) is 0 Å². The summed E-state index contributed by atoms with van der Waals surface area (Å²) in [5, 5.41) is 12.1. The number of pyridine rings is 1. The molecule has 1 aliphatic rings. The van der Waals surface area contributed by atoms with Crippen LogP contribution in [0, 0.1) is 11.3 Å². The zero-order chi connectivity index (χ0) is 12.8. The Kier molecular flexibility index (Phi) is 4.67. The van der Waals surface area contributed by atoms with Gasteiger partial charge in [0.1, 0.15) is 11.9 Å². The number of nitrogens with two attached hydrogens (primary N) is 1. The first-order chi connectivity index (χ1) is 8.79. The minimum atomic E-state index is 0.286. The number of nitrogens with one attached hydrogen (secondary N) is 1. The number of hydrogen-bond acceptors (Lipinski definition) is 6. The predicted octanol–water partition coefficient (Wildman–Crippen LogP) is 0.996. The molecule has 18 heavy (non-hydrogen) atoms. The van der Waals surface area contributed by atoms with E-state index in [1.807, 2.05) is 23.9 Å². The molecule has 0 saturated carbocycles. The second-order valence-corrected chi connectivity index (χ2v) is 5.35. The van der Waals surface area contributed by atoms with Crippen molar-refractivity contribution in [2.75, 3.05) is 48.7 Å². The van der Waals surface area contributed by atoms with Gasteiger partial charge in [-0.05, 0) is 12.1 Å². The summed E-state index contributed by atoms with van der Waals surface area (Å²) in [5.74, 6) is 3.16. The molecule has 3 N–H and O–H groups in total. The average molecular weight is 263 g/mol. The average Bonchev–Trinajstić information content (AvgIpc) is 2.42. The van der Waals surface area contributed by atoms with Crippen LogP contribution in [0.2, 0.25) is 0 Å². The zero-order valence-corrected chi connectivity index (χ0v) is 11.0. The fraction of sp³-hybridized carbons (Fsp3) is 0.500. The molecule has 0 radical (unpaired) electrons. The largest absolute Gasteiger partial charge is 0.396 e. The summed E-state index contributed by atoms with van der Waals surface area (Å²) in [4.78, 5) is 6.59. The van der Waals surface area contributed by atoms with E-state index in [4.69, 9.17) is 11.0 Å². The molecule has 0 unspecified atom stereocenters. The fourth-order valence-electron chi connectivity index (χ4n) is 1.82. The molecule has 1 fully saturated rings. The number of nitrogens with zero attached hydrogens (tertiary/aromatic N) is 3. The van der Waals surface area contributed by atoms with Crippen molar-refractivity contribution in [3.8, 4) is 6.07 Å². The molecule has 2 rings (SSSR count). The van der Waals surface area contributed by atoms with Gasteiger partial charge in [0.2, 0.25) is 0 Å². The molecule has 1 aliphatic heterocycles. The molecular formula is C12H17N5S. The van der Waals surface area contributed by atoms with Crippen LogP contribution in [0.25, 0.3) is 0 Å². The van der Waals surface area contributed by atoms with Crippen molar-refractivity contribution < 1.29 is 0 Å². The summed E-state index contributed by atoms with van der Waals surface area (Å²) in [5.41, 5.74) is 6.34. The van der Waals surface area contributed by atoms with Gasteiger partial charge in [0.25, 0.3) is 0 Å². The lowest BCUT2D eigenvalue weighted by atomic mass is 10.3. The van der Waals surface area contributed by atoms with Gasteiger partial charge >= 0.3 is 0 Å². The van der Waals surface area contributed by atoms with E-state index in [0.29, 0.717) is 11.5 Å². The molecule has 0 atom stereocenters. The molecule has 96 valence electrons. The van der Waals surface area contributed by atoms with Gasteiger partial charge in [-0.2, -0.15) is 17.0 Å². The minimum Gasteiger partial charge on any atom is -0.396 e. The number of nitrogen functional groups attached to an aromatic ring is 1. The van der Waals surface area contributed by atoms with Gasteiger partial charge in [-0.25, -0.2) is 4.98 Å². The van der Waals surface area contributed by atoms with Crippen LogP contribution in [0.1, 0.15) is 5.69 Å². The highest BCUT2D eigenvalue weighted by molar-refractivity contribution is 7.99. The highest BCUT2D eigenvalue weighted by Crippen LogP contribution is 2.12. The van der Waals surface area contributed by atoms with Gasteiger partial charge in [-0.15, -0.1) is 0 Å². The minimum absolute atomic E-state index is 0.286. The lowest BCUT2D eigenvalue weighted by Crippen LogP contribution is -2.36. The summed E-state index contributed by atoms with van der Waals surface area (Å²) in [7, 11) is 0. The second kappa shape index (κ2) is 6.47. The Morgan fingerprint density at radius 2 is 2.22 bits per heavy atom. The van der Waals surface area contributed by atoms with E-state index in [9.17, 15) is 0 Å². The van der Waals surface area contributed by atoms with Crippen LogP contribution < -0.4 is 11.1 Å². The topological polar surface area (TPSA) is 78.0 Å². The smallest absolute Gasteiger partial charge is 0.165 e. The van der Waals surface area contributed by atoms with Crippen LogP contribution in [-0.2, 0) is 0 Å². The molecular weight excluding hydrogens is 246 g/mol. The third kappa shape index (κ3) is 3.52. The van der Waals surface area contributed by atoms with Crippen molar-refractivity contribution in [3.05, 3.63) is 17.8 Å². The molecule has 5 nitrogen and oxygen atoms in total. The number of hydrogen-bond donors (Lipinski definition) is 2. The second-order valence-electron chi connectivity index (χ2n) is 4.13. The Balaban J connectivity index is 1.81. The van der Waals surface area contributed by atoms with Crippen molar-refractivity contribution in [2.45, 2.75) is 0 Å². The summed E-state index contributed by atoms with van der Waals surface area (Å²) < 4.78 is 0. The summed E-state index contributed by atoms with van der Waals surface area (Å²) in [6.07, 6.45) is 0. The normalized spacial score (nSPS) is 16.2. The first kappa shape index (κ1) is 13.0. The molecule has 1 aromatic heterocycles. The zero-order valence-electron chi connectivity index (χ0n) is 10.2. The SMILES string of the molecule is N#Cc1nc(NCCN2CCSCC2)ccc1N. The molecule has 0 bridgehead atoms. The quantitative estimate of drug-likeness (QED) is 0.843. The Hall–Kier alpha value is -1.45. The van der Waals surface area contributed by atoms with E-state index in [2.05, 4.69) is 15.2 Å². The van der Waals surface area contributed by atoms with Gasteiger partial charge in [-0.3, -0.25) is 4.90 Å². The van der Waals surface area contributed by atoms with Crippen molar-refractivity contribution in [2.24, 2.45) is 0 Å². The van der Waals surface area contributed by atoms with Crippen LogP contribution in [0.15, 0.2) is 12.1 Å². The maximum Gasteiger partial charge on any atom is 0.165 e. The van der Waals surface area contributed by atoms with Crippen molar-refractivity contribution in [1.82, 2.24) is 9.88 Å². The van der Waals surface area contributed by atoms with Gasteiger partial charge in [0.15, 0.2) is 5.69 Å². The molecule has 0 amide bonds. The summed E-state index contributed by atoms with van der Waals surface area (Å²) in [6.45, 7) is 4.16. The number of thioether (sulfide) groups is 1. The molecule has 0 spiro atoms. The van der Waals surface area contributed by atoms with Crippen LogP contribution >= 0.6 is 11.8 Å². The van der Waals surface area contributed by atoms with E-state index >= 15 is 0 Å². The van der Waals surface area contributed by atoms with Crippen LogP contribution in [0.3, 0.4) is 0 Å². The van der Waals surface area contributed by atoms with E-state index in [-0.39, 0.29) is 5.69 Å². The van der Waals surface area contributed by atoms with Crippen molar-refractivity contribution in [3.63, 3.8) is 0 Å². The number of anilines is 2. The van der Waals surface area contributed by atoms with Crippen molar-refractivity contribution in [1.29, 1.82) is 5.26 Å². The van der Waals surface area contributed by atoms with Gasteiger partial charge in [0.05, 0.1) is 5.69 Å². The molecule has 0 aliphatic carbocycles. The Morgan fingerprint density at radius 1 is 1.44 bits per heavy atom. The standard InChI is InChI=1S/C12H17N5S/c13-9-11-10(14)1-2-12(16-11)15-3-4-17-5-7-18-8-6-17/h1-2H,3-8,14H2,(H,15,16). The Morgan fingerprint density at radius 3 is 2.94 bits per heavy atom. The lowest BCUT2D eigenvalue weighted by Gasteiger charge is -2.26. The third-order valence-electron chi connectivity index (χ3n) is 2.87.